The molecule has 2 aromatic carbocycles. The highest BCUT2D eigenvalue weighted by atomic mass is 16.2. The number of piperidine rings is 1. The number of amides is 2. The minimum absolute atomic E-state index is 0.0814. The summed E-state index contributed by atoms with van der Waals surface area (Å²) in [6, 6.07) is 18.9. The second-order valence-corrected chi connectivity index (χ2v) is 9.29. The van der Waals surface area contributed by atoms with Gasteiger partial charge in [0.2, 0.25) is 11.8 Å². The largest absolute Gasteiger partial charge is 0.353 e. The minimum atomic E-state index is -0.554. The molecule has 4 nitrogen and oxygen atoms in total. The molecule has 1 saturated heterocycles. The average molecular weight is 405 g/mol. The van der Waals surface area contributed by atoms with Crippen LogP contribution in [0, 0.1) is 11.3 Å². The average Bonchev–Trinajstić information content (AvgIpc) is 3.59. The molecule has 0 bridgehead atoms. The van der Waals surface area contributed by atoms with Crippen LogP contribution in [0.2, 0.25) is 0 Å². The molecule has 4 rings (SSSR count). The first-order valence-corrected chi connectivity index (χ1v) is 11.2. The lowest BCUT2D eigenvalue weighted by atomic mass is 9.74. The molecule has 158 valence electrons. The van der Waals surface area contributed by atoms with E-state index >= 15 is 0 Å². The van der Waals surface area contributed by atoms with E-state index in [9.17, 15) is 9.59 Å². The molecule has 2 aromatic rings. The molecule has 2 amide bonds. The number of carbonyl (C=O) groups excluding carboxylic acids is 2. The number of likely N-dealkylation sites (tertiary alicyclic amines) is 1. The molecule has 0 spiro atoms. The lowest BCUT2D eigenvalue weighted by molar-refractivity contribution is -0.142. The first-order chi connectivity index (χ1) is 14.5. The molecule has 2 aliphatic rings. The third-order valence-electron chi connectivity index (χ3n) is 6.32. The van der Waals surface area contributed by atoms with Crippen molar-refractivity contribution in [3.05, 3.63) is 60.2 Å². The number of benzene rings is 2. The number of nitrogens with zero attached hydrogens (tertiary/aromatic N) is 1. The van der Waals surface area contributed by atoms with E-state index in [1.807, 2.05) is 36.9 Å². The van der Waals surface area contributed by atoms with Crippen molar-refractivity contribution in [3.8, 4) is 11.1 Å². The van der Waals surface area contributed by atoms with Gasteiger partial charge >= 0.3 is 0 Å². The van der Waals surface area contributed by atoms with E-state index in [0.717, 1.165) is 37.8 Å². The van der Waals surface area contributed by atoms with Crippen LogP contribution in [-0.4, -0.2) is 35.8 Å². The third-order valence-corrected chi connectivity index (χ3v) is 6.32. The molecule has 0 unspecified atom stereocenters. The fraction of sp³-hybridized carbons (Fsp3) is 0.462. The number of hydrogen-bond donors (Lipinski definition) is 1. The van der Waals surface area contributed by atoms with Crippen LogP contribution < -0.4 is 5.32 Å². The number of hydrogen-bond acceptors (Lipinski definition) is 2. The van der Waals surface area contributed by atoms with Crippen molar-refractivity contribution in [2.75, 3.05) is 13.1 Å². The SMILES string of the molecule is CC(C)NC(=O)[C@@]1(Cc2ccc(-c3ccccc3)cc2)CCCN(C(=O)C2CC2)C1. The maximum absolute atomic E-state index is 13.3. The highest BCUT2D eigenvalue weighted by Gasteiger charge is 2.45. The van der Waals surface area contributed by atoms with E-state index in [0.29, 0.717) is 13.0 Å². The Morgan fingerprint density at radius 3 is 2.33 bits per heavy atom. The molecule has 2 fully saturated rings. The first kappa shape index (κ1) is 20.6. The Kier molecular flexibility index (Phi) is 5.94. The Labute approximate surface area is 179 Å². The van der Waals surface area contributed by atoms with Gasteiger partial charge < -0.3 is 10.2 Å². The molecule has 30 heavy (non-hydrogen) atoms. The van der Waals surface area contributed by atoms with Gasteiger partial charge in [0.05, 0.1) is 5.41 Å². The zero-order valence-corrected chi connectivity index (χ0v) is 18.1. The molecule has 0 radical (unpaired) electrons. The maximum Gasteiger partial charge on any atom is 0.228 e. The summed E-state index contributed by atoms with van der Waals surface area (Å²) < 4.78 is 0. The second kappa shape index (κ2) is 8.63. The van der Waals surface area contributed by atoms with Gasteiger partial charge in [-0.3, -0.25) is 9.59 Å². The summed E-state index contributed by atoms with van der Waals surface area (Å²) in [7, 11) is 0. The van der Waals surface area contributed by atoms with Gasteiger partial charge in [-0.2, -0.15) is 0 Å². The minimum Gasteiger partial charge on any atom is -0.353 e. The van der Waals surface area contributed by atoms with Gasteiger partial charge in [-0.1, -0.05) is 54.6 Å². The van der Waals surface area contributed by atoms with Gasteiger partial charge in [0.1, 0.15) is 0 Å². The van der Waals surface area contributed by atoms with Crippen LogP contribution in [0.5, 0.6) is 0 Å². The van der Waals surface area contributed by atoms with Crippen LogP contribution >= 0.6 is 0 Å². The van der Waals surface area contributed by atoms with Crippen molar-refractivity contribution in [2.45, 2.75) is 52.0 Å². The van der Waals surface area contributed by atoms with E-state index in [1.54, 1.807) is 0 Å². The summed E-state index contributed by atoms with van der Waals surface area (Å²) in [5, 5.41) is 3.14. The first-order valence-electron chi connectivity index (χ1n) is 11.2. The second-order valence-electron chi connectivity index (χ2n) is 9.29. The van der Waals surface area contributed by atoms with E-state index in [1.165, 1.54) is 11.1 Å². The van der Waals surface area contributed by atoms with Crippen molar-refractivity contribution in [3.63, 3.8) is 0 Å². The van der Waals surface area contributed by atoms with E-state index in [-0.39, 0.29) is 23.8 Å². The van der Waals surface area contributed by atoms with Crippen molar-refractivity contribution in [1.29, 1.82) is 0 Å². The fourth-order valence-corrected chi connectivity index (χ4v) is 4.57. The standard InChI is InChI=1S/C26H32N2O2/c1-19(2)27-25(30)26(15-6-16-28(18-26)24(29)23-13-14-23)17-20-9-11-22(12-10-20)21-7-4-3-5-8-21/h3-5,7-12,19,23H,6,13-18H2,1-2H3,(H,27,30)/t26-/m1/s1. The summed E-state index contributed by atoms with van der Waals surface area (Å²) in [6.07, 6.45) is 4.37. The summed E-state index contributed by atoms with van der Waals surface area (Å²) in [6.45, 7) is 5.30. The molecule has 1 saturated carbocycles. The van der Waals surface area contributed by atoms with Crippen LogP contribution in [0.15, 0.2) is 54.6 Å². The van der Waals surface area contributed by atoms with Crippen molar-refractivity contribution < 1.29 is 9.59 Å². The number of rotatable bonds is 6. The number of carbonyl (C=O) groups is 2. The van der Waals surface area contributed by atoms with Crippen molar-refractivity contribution >= 4 is 11.8 Å². The van der Waals surface area contributed by atoms with Gasteiger partial charge in [0.25, 0.3) is 0 Å². The molecular weight excluding hydrogens is 372 g/mol. The molecular formula is C26H32N2O2. The molecule has 1 heterocycles. The molecule has 4 heteroatoms. The predicted octanol–water partition coefficient (Wildman–Crippen LogP) is 4.44. The van der Waals surface area contributed by atoms with E-state index in [4.69, 9.17) is 0 Å². The monoisotopic (exact) mass is 404 g/mol. The Bertz CT molecular complexity index is 887. The van der Waals surface area contributed by atoms with Crippen LogP contribution in [0.25, 0.3) is 11.1 Å². The summed E-state index contributed by atoms with van der Waals surface area (Å²) in [5.74, 6) is 0.521. The predicted molar refractivity (Wildman–Crippen MR) is 120 cm³/mol. The lowest BCUT2D eigenvalue weighted by Crippen LogP contribution is -2.55. The molecule has 1 atom stereocenters. The van der Waals surface area contributed by atoms with E-state index < -0.39 is 5.41 Å². The highest BCUT2D eigenvalue weighted by molar-refractivity contribution is 5.86. The maximum atomic E-state index is 13.3. The van der Waals surface area contributed by atoms with E-state index in [2.05, 4.69) is 41.7 Å². The highest BCUT2D eigenvalue weighted by Crippen LogP contribution is 2.38. The van der Waals surface area contributed by atoms with Gasteiger partial charge in [-0.25, -0.2) is 0 Å². The third kappa shape index (κ3) is 4.58. The van der Waals surface area contributed by atoms with Gasteiger partial charge in [0.15, 0.2) is 0 Å². The Balaban J connectivity index is 1.56. The molecule has 0 aromatic heterocycles. The summed E-state index contributed by atoms with van der Waals surface area (Å²) >= 11 is 0. The van der Waals surface area contributed by atoms with Crippen molar-refractivity contribution in [2.24, 2.45) is 11.3 Å². The fourth-order valence-electron chi connectivity index (χ4n) is 4.57. The quantitative estimate of drug-likeness (QED) is 0.774. The van der Waals surface area contributed by atoms with Crippen LogP contribution in [0.1, 0.15) is 45.1 Å². The van der Waals surface area contributed by atoms with Crippen LogP contribution in [0.3, 0.4) is 0 Å². The molecule has 1 N–H and O–H groups in total. The van der Waals surface area contributed by atoms with Gasteiger partial charge in [-0.05, 0) is 62.6 Å². The topological polar surface area (TPSA) is 49.4 Å². The Hall–Kier alpha value is -2.62. The van der Waals surface area contributed by atoms with Gasteiger partial charge in [0, 0.05) is 25.0 Å². The zero-order valence-electron chi connectivity index (χ0n) is 18.1. The van der Waals surface area contributed by atoms with Crippen molar-refractivity contribution in [1.82, 2.24) is 10.2 Å². The Morgan fingerprint density at radius 1 is 1.03 bits per heavy atom. The molecule has 1 aliphatic carbocycles. The Morgan fingerprint density at radius 2 is 1.70 bits per heavy atom. The number of nitrogens with one attached hydrogen (secondary N) is 1. The zero-order chi connectivity index (χ0) is 21.1. The summed E-state index contributed by atoms with van der Waals surface area (Å²) in [4.78, 5) is 28.0. The smallest absolute Gasteiger partial charge is 0.228 e. The lowest BCUT2D eigenvalue weighted by Gasteiger charge is -2.42. The molecule has 1 aliphatic heterocycles. The van der Waals surface area contributed by atoms with Gasteiger partial charge in [-0.15, -0.1) is 0 Å². The van der Waals surface area contributed by atoms with Crippen LogP contribution in [0.4, 0.5) is 0 Å². The normalized spacial score (nSPS) is 21.5. The van der Waals surface area contributed by atoms with Crippen LogP contribution in [-0.2, 0) is 16.0 Å². The summed E-state index contributed by atoms with van der Waals surface area (Å²) in [5.41, 5.74) is 2.96.